The van der Waals surface area contributed by atoms with E-state index in [1.807, 2.05) is 0 Å². The van der Waals surface area contributed by atoms with E-state index >= 15 is 0 Å². The van der Waals surface area contributed by atoms with Crippen LogP contribution in [0.1, 0.15) is 0 Å². The molecule has 2 nitrogen and oxygen atoms in total. The molecule has 3 heteroatoms. The van der Waals surface area contributed by atoms with Crippen molar-refractivity contribution < 1.29 is 9.47 Å². The van der Waals surface area contributed by atoms with Gasteiger partial charge in [-0.2, -0.15) is 0 Å². The van der Waals surface area contributed by atoms with Gasteiger partial charge in [0.25, 0.3) is 0 Å². The lowest BCUT2D eigenvalue weighted by molar-refractivity contribution is 0.0735. The van der Waals surface area contributed by atoms with E-state index in [4.69, 9.17) is 9.47 Å². The molecule has 58 valence electrons. The van der Waals surface area contributed by atoms with Crippen LogP contribution in [0.15, 0.2) is 10.2 Å². The second kappa shape index (κ2) is 3.69. The van der Waals surface area contributed by atoms with Crippen LogP contribution in [0.3, 0.4) is 0 Å². The lowest BCUT2D eigenvalue weighted by Crippen LogP contribution is -2.20. The van der Waals surface area contributed by atoms with Gasteiger partial charge in [0.2, 0.25) is 0 Å². The van der Waals surface area contributed by atoms with Crippen LogP contribution in [0, 0.1) is 5.92 Å². The van der Waals surface area contributed by atoms with E-state index in [-0.39, 0.29) is 6.10 Å². The molecule has 1 rings (SSSR count). The molecule has 10 heavy (non-hydrogen) atoms. The van der Waals surface area contributed by atoms with Gasteiger partial charge in [-0.25, -0.2) is 0 Å². The summed E-state index contributed by atoms with van der Waals surface area (Å²) in [6.07, 6.45) is 0.226. The van der Waals surface area contributed by atoms with E-state index in [1.54, 1.807) is 7.11 Å². The van der Waals surface area contributed by atoms with Crippen molar-refractivity contribution in [2.75, 3.05) is 20.3 Å². The highest BCUT2D eigenvalue weighted by atomic mass is 127. The maximum Gasteiger partial charge on any atom is 0.0899 e. The maximum atomic E-state index is 5.23. The Morgan fingerprint density at radius 2 is 2.40 bits per heavy atom. The molecule has 1 aliphatic heterocycles. The third kappa shape index (κ3) is 1.71. The summed E-state index contributed by atoms with van der Waals surface area (Å²) in [5.74, 6) is 0.394. The third-order valence-corrected chi connectivity index (χ3v) is 2.53. The van der Waals surface area contributed by atoms with Crippen LogP contribution in [-0.2, 0) is 9.47 Å². The Morgan fingerprint density at radius 3 is 2.80 bits per heavy atom. The topological polar surface area (TPSA) is 18.5 Å². The molecule has 0 aromatic rings. The molecule has 1 aliphatic rings. The van der Waals surface area contributed by atoms with Gasteiger partial charge in [-0.1, -0.05) is 6.58 Å². The maximum absolute atomic E-state index is 5.23. The van der Waals surface area contributed by atoms with Crippen molar-refractivity contribution in [1.82, 2.24) is 0 Å². The van der Waals surface area contributed by atoms with Crippen molar-refractivity contribution in [2.45, 2.75) is 6.10 Å². The first-order chi connectivity index (χ1) is 4.75. The summed E-state index contributed by atoms with van der Waals surface area (Å²) >= 11 is 2.23. The fourth-order valence-electron chi connectivity index (χ4n) is 1.06. The van der Waals surface area contributed by atoms with Crippen molar-refractivity contribution >= 4 is 22.6 Å². The zero-order chi connectivity index (χ0) is 7.56. The van der Waals surface area contributed by atoms with Gasteiger partial charge in [-0.05, 0) is 26.2 Å². The van der Waals surface area contributed by atoms with Gasteiger partial charge >= 0.3 is 0 Å². The Morgan fingerprint density at radius 1 is 1.70 bits per heavy atom. The average molecular weight is 254 g/mol. The predicted molar refractivity (Wildman–Crippen MR) is 48.3 cm³/mol. The van der Waals surface area contributed by atoms with Crippen LogP contribution >= 0.6 is 22.6 Å². The molecule has 0 amide bonds. The van der Waals surface area contributed by atoms with E-state index in [0.717, 1.165) is 10.2 Å². The van der Waals surface area contributed by atoms with Crippen LogP contribution in [0.5, 0.6) is 0 Å². The van der Waals surface area contributed by atoms with Crippen LogP contribution in [0.25, 0.3) is 0 Å². The number of halogens is 1. The van der Waals surface area contributed by atoms with E-state index in [0.29, 0.717) is 12.5 Å². The van der Waals surface area contributed by atoms with Crippen molar-refractivity contribution in [3.63, 3.8) is 0 Å². The number of hydrogen-bond donors (Lipinski definition) is 0. The first-order valence-electron chi connectivity index (χ1n) is 3.20. The quantitative estimate of drug-likeness (QED) is 0.697. The Kier molecular flexibility index (Phi) is 3.13. The van der Waals surface area contributed by atoms with Gasteiger partial charge in [-0.3, -0.25) is 0 Å². The molecule has 0 spiro atoms. The normalized spacial score (nSPS) is 32.6. The van der Waals surface area contributed by atoms with Gasteiger partial charge in [0.15, 0.2) is 0 Å². The smallest absolute Gasteiger partial charge is 0.0899 e. The van der Waals surface area contributed by atoms with Crippen LogP contribution in [0.4, 0.5) is 0 Å². The van der Waals surface area contributed by atoms with Crippen molar-refractivity contribution in [3.05, 3.63) is 10.2 Å². The predicted octanol–water partition coefficient (Wildman–Crippen LogP) is 1.60. The summed E-state index contributed by atoms with van der Waals surface area (Å²) < 4.78 is 11.6. The molecule has 0 aromatic heterocycles. The average Bonchev–Trinajstić information content (AvgIpc) is 2.33. The summed E-state index contributed by atoms with van der Waals surface area (Å²) in [5.41, 5.74) is 0. The Balaban J connectivity index is 2.50. The van der Waals surface area contributed by atoms with Crippen molar-refractivity contribution in [3.8, 4) is 0 Å². The minimum absolute atomic E-state index is 0.226. The van der Waals surface area contributed by atoms with E-state index in [1.165, 1.54) is 0 Å². The lowest BCUT2D eigenvalue weighted by atomic mass is 10.1. The lowest BCUT2D eigenvalue weighted by Gasteiger charge is -2.13. The third-order valence-electron chi connectivity index (χ3n) is 1.73. The summed E-state index contributed by atoms with van der Waals surface area (Å²) in [5, 5.41) is 0. The number of methoxy groups -OCH3 is 1. The standard InChI is InChI=1S/C7H11IO2/c1-5(8)6-3-10-4-7(6)9-2/h6-7H,1,3-4H2,2H3/t6-,7+/m0/s1. The fourth-order valence-corrected chi connectivity index (χ4v) is 1.64. The van der Waals surface area contributed by atoms with Gasteiger partial charge in [0.05, 0.1) is 19.3 Å². The molecular weight excluding hydrogens is 243 g/mol. The molecule has 0 aromatic carbocycles. The first kappa shape index (κ1) is 8.49. The van der Waals surface area contributed by atoms with E-state index in [9.17, 15) is 0 Å². The molecule has 1 saturated heterocycles. The molecule has 0 aliphatic carbocycles. The minimum Gasteiger partial charge on any atom is -0.378 e. The summed E-state index contributed by atoms with van der Waals surface area (Å²) in [6.45, 7) is 5.34. The second-order valence-electron chi connectivity index (χ2n) is 2.36. The highest BCUT2D eigenvalue weighted by molar-refractivity contribution is 14.1. The molecule has 0 unspecified atom stereocenters. The molecule has 1 heterocycles. The molecule has 2 atom stereocenters. The largest absolute Gasteiger partial charge is 0.378 e. The summed E-state index contributed by atoms with van der Waals surface area (Å²) in [4.78, 5) is 0. The highest BCUT2D eigenvalue weighted by Crippen LogP contribution is 2.26. The molecule has 0 saturated carbocycles. The Bertz CT molecular complexity index is 136. The number of ether oxygens (including phenoxy) is 2. The number of hydrogen-bond acceptors (Lipinski definition) is 2. The van der Waals surface area contributed by atoms with Crippen molar-refractivity contribution in [2.24, 2.45) is 5.92 Å². The highest BCUT2D eigenvalue weighted by Gasteiger charge is 2.28. The zero-order valence-electron chi connectivity index (χ0n) is 5.97. The molecule has 0 bridgehead atoms. The van der Waals surface area contributed by atoms with Crippen LogP contribution in [0.2, 0.25) is 0 Å². The van der Waals surface area contributed by atoms with Gasteiger partial charge < -0.3 is 9.47 Å². The summed E-state index contributed by atoms with van der Waals surface area (Å²) in [7, 11) is 1.71. The number of rotatable bonds is 2. The molecule has 0 N–H and O–H groups in total. The van der Waals surface area contributed by atoms with E-state index in [2.05, 4.69) is 29.2 Å². The Hall–Kier alpha value is 0.390. The van der Waals surface area contributed by atoms with Crippen LogP contribution < -0.4 is 0 Å². The Labute approximate surface area is 74.7 Å². The van der Waals surface area contributed by atoms with Gasteiger partial charge in [0.1, 0.15) is 0 Å². The first-order valence-corrected chi connectivity index (χ1v) is 4.28. The van der Waals surface area contributed by atoms with Crippen molar-refractivity contribution in [1.29, 1.82) is 0 Å². The summed E-state index contributed by atoms with van der Waals surface area (Å²) in [6, 6.07) is 0. The fraction of sp³-hybridized carbons (Fsp3) is 0.714. The van der Waals surface area contributed by atoms with Crippen LogP contribution in [-0.4, -0.2) is 26.4 Å². The minimum atomic E-state index is 0.226. The molecule has 0 radical (unpaired) electrons. The van der Waals surface area contributed by atoms with Gasteiger partial charge in [0, 0.05) is 13.0 Å². The molecule has 1 fully saturated rings. The van der Waals surface area contributed by atoms with E-state index < -0.39 is 0 Å². The molecular formula is C7H11IO2. The SMILES string of the molecule is C=C(I)[C@@H]1COC[C@H]1OC. The zero-order valence-corrected chi connectivity index (χ0v) is 8.13. The monoisotopic (exact) mass is 254 g/mol. The second-order valence-corrected chi connectivity index (χ2v) is 3.75. The van der Waals surface area contributed by atoms with Gasteiger partial charge in [-0.15, -0.1) is 0 Å².